The van der Waals surface area contributed by atoms with Gasteiger partial charge in [-0.25, -0.2) is 0 Å². The molecule has 0 saturated carbocycles. The van der Waals surface area contributed by atoms with Crippen molar-refractivity contribution in [3.8, 4) is 0 Å². The van der Waals surface area contributed by atoms with Gasteiger partial charge in [0.2, 0.25) is 23.6 Å². The molecule has 3 aliphatic heterocycles. The van der Waals surface area contributed by atoms with Gasteiger partial charge in [0.15, 0.2) is 0 Å². The molecule has 2 saturated heterocycles. The van der Waals surface area contributed by atoms with Crippen LogP contribution in [0.25, 0.3) is 0 Å². The molecule has 4 N–H and O–H groups in total. The fourth-order valence-corrected chi connectivity index (χ4v) is 4.90. The number of nitrogens with one attached hydrogen (secondary N) is 2. The third-order valence-corrected chi connectivity index (χ3v) is 6.15. The van der Waals surface area contributed by atoms with Crippen LogP contribution in [0.4, 0.5) is 5.69 Å². The predicted octanol–water partition coefficient (Wildman–Crippen LogP) is 0.473. The first-order valence-electron chi connectivity index (χ1n) is 9.74. The number of likely N-dealkylation sites (tertiary alicyclic amines) is 1. The number of primary amides is 1. The lowest BCUT2D eigenvalue weighted by atomic mass is 9.76. The highest BCUT2D eigenvalue weighted by Crippen LogP contribution is 2.53. The zero-order chi connectivity index (χ0) is 20.1. The molecule has 4 amide bonds. The van der Waals surface area contributed by atoms with E-state index in [0.29, 0.717) is 30.6 Å². The molecule has 1 aromatic carbocycles. The summed E-state index contributed by atoms with van der Waals surface area (Å²) in [4.78, 5) is 52.2. The lowest BCUT2D eigenvalue weighted by molar-refractivity contribution is -0.143. The smallest absolute Gasteiger partial charge is 0.250 e. The second-order valence-corrected chi connectivity index (χ2v) is 7.75. The normalized spacial score (nSPS) is 30.7. The Kier molecular flexibility index (Phi) is 4.45. The van der Waals surface area contributed by atoms with Crippen molar-refractivity contribution in [1.82, 2.24) is 10.2 Å². The first-order valence-corrected chi connectivity index (χ1v) is 9.74. The molecule has 3 heterocycles. The molecule has 3 aliphatic rings. The number of nitrogens with zero attached hydrogens (tertiary/aromatic N) is 1. The van der Waals surface area contributed by atoms with E-state index in [4.69, 9.17) is 5.73 Å². The van der Waals surface area contributed by atoms with Gasteiger partial charge in [0.05, 0.1) is 11.8 Å². The van der Waals surface area contributed by atoms with Crippen LogP contribution in [0.5, 0.6) is 0 Å². The zero-order valence-electron chi connectivity index (χ0n) is 15.7. The van der Waals surface area contributed by atoms with E-state index >= 15 is 0 Å². The van der Waals surface area contributed by atoms with Gasteiger partial charge in [-0.1, -0.05) is 31.5 Å². The van der Waals surface area contributed by atoms with Crippen LogP contribution < -0.4 is 16.4 Å². The Morgan fingerprint density at radius 2 is 1.96 bits per heavy atom. The molecule has 4 atom stereocenters. The number of rotatable bonds is 6. The molecule has 2 unspecified atom stereocenters. The van der Waals surface area contributed by atoms with Crippen molar-refractivity contribution < 1.29 is 19.2 Å². The molecular weight excluding hydrogens is 360 g/mol. The second kappa shape index (κ2) is 6.70. The van der Waals surface area contributed by atoms with Crippen LogP contribution in [0.2, 0.25) is 0 Å². The summed E-state index contributed by atoms with van der Waals surface area (Å²) < 4.78 is 0. The fraction of sp³-hybridized carbons (Fsp3) is 0.500. The van der Waals surface area contributed by atoms with Crippen LogP contribution in [-0.2, 0) is 24.7 Å². The molecule has 1 aromatic rings. The minimum atomic E-state index is -1.29. The van der Waals surface area contributed by atoms with Crippen LogP contribution >= 0.6 is 0 Å². The van der Waals surface area contributed by atoms with E-state index in [0.717, 1.165) is 6.42 Å². The molecule has 28 heavy (non-hydrogen) atoms. The molecule has 0 aromatic heterocycles. The molecule has 8 heteroatoms. The number of benzene rings is 1. The van der Waals surface area contributed by atoms with Crippen LogP contribution in [-0.4, -0.2) is 41.1 Å². The number of amides is 4. The Balaban J connectivity index is 1.79. The molecule has 0 aliphatic carbocycles. The Hall–Kier alpha value is -2.74. The average Bonchev–Trinajstić information content (AvgIpc) is 3.24. The van der Waals surface area contributed by atoms with Crippen LogP contribution in [0.15, 0.2) is 24.3 Å². The van der Waals surface area contributed by atoms with Gasteiger partial charge in [0.25, 0.3) is 0 Å². The number of para-hydroxylation sites is 1. The zero-order valence-corrected chi connectivity index (χ0v) is 15.7. The van der Waals surface area contributed by atoms with Crippen molar-refractivity contribution in [2.45, 2.75) is 44.2 Å². The number of unbranched alkanes of at least 4 members (excludes halogenated alkanes) is 1. The summed E-state index contributed by atoms with van der Waals surface area (Å²) in [5.74, 6) is -2.89. The molecule has 1 spiro atoms. The van der Waals surface area contributed by atoms with E-state index in [1.807, 2.05) is 19.1 Å². The summed E-state index contributed by atoms with van der Waals surface area (Å²) in [6, 6.07) is 6.73. The van der Waals surface area contributed by atoms with Crippen molar-refractivity contribution in [1.29, 1.82) is 0 Å². The van der Waals surface area contributed by atoms with Gasteiger partial charge in [0, 0.05) is 30.3 Å². The van der Waals surface area contributed by atoms with Crippen molar-refractivity contribution in [3.05, 3.63) is 29.8 Å². The van der Waals surface area contributed by atoms with Gasteiger partial charge in [-0.05, 0) is 18.9 Å². The summed E-state index contributed by atoms with van der Waals surface area (Å²) in [6.45, 7) is 2.34. The minimum Gasteiger partial charge on any atom is -0.370 e. The SMILES string of the molecule is CCCCN1C(=O)[C@@H]2C(CCC(N)=O)NC3(C(=O)Nc4ccccc43)[C@@H]2C1=O. The third kappa shape index (κ3) is 2.47. The number of carbonyl (C=O) groups is 4. The van der Waals surface area contributed by atoms with E-state index < -0.39 is 29.3 Å². The first-order chi connectivity index (χ1) is 13.4. The number of hydrogen-bond acceptors (Lipinski definition) is 5. The van der Waals surface area contributed by atoms with Gasteiger partial charge in [-0.2, -0.15) is 0 Å². The van der Waals surface area contributed by atoms with E-state index in [2.05, 4.69) is 10.6 Å². The lowest BCUT2D eigenvalue weighted by Gasteiger charge is -2.29. The van der Waals surface area contributed by atoms with E-state index in [1.54, 1.807) is 12.1 Å². The highest BCUT2D eigenvalue weighted by molar-refractivity contribution is 6.15. The maximum Gasteiger partial charge on any atom is 0.250 e. The third-order valence-electron chi connectivity index (χ3n) is 6.15. The minimum absolute atomic E-state index is 0.0800. The summed E-state index contributed by atoms with van der Waals surface area (Å²) >= 11 is 0. The maximum absolute atomic E-state index is 13.3. The fourth-order valence-electron chi connectivity index (χ4n) is 4.90. The highest BCUT2D eigenvalue weighted by Gasteiger charge is 2.70. The number of nitrogens with two attached hydrogens (primary N) is 1. The van der Waals surface area contributed by atoms with Crippen LogP contribution in [0, 0.1) is 11.8 Å². The Morgan fingerprint density at radius 3 is 2.68 bits per heavy atom. The monoisotopic (exact) mass is 384 g/mol. The molecule has 0 radical (unpaired) electrons. The maximum atomic E-state index is 13.3. The molecule has 0 bridgehead atoms. The van der Waals surface area contributed by atoms with Gasteiger partial charge in [0.1, 0.15) is 5.54 Å². The van der Waals surface area contributed by atoms with Crippen LogP contribution in [0.1, 0.15) is 38.2 Å². The lowest BCUT2D eigenvalue weighted by Crippen LogP contribution is -2.53. The molecule has 8 nitrogen and oxygen atoms in total. The molecule has 4 rings (SSSR count). The number of hydrogen-bond donors (Lipinski definition) is 3. The second-order valence-electron chi connectivity index (χ2n) is 7.75. The van der Waals surface area contributed by atoms with Gasteiger partial charge in [-0.15, -0.1) is 0 Å². The van der Waals surface area contributed by atoms with Gasteiger partial charge in [-0.3, -0.25) is 29.4 Å². The van der Waals surface area contributed by atoms with E-state index in [-0.39, 0.29) is 24.1 Å². The largest absolute Gasteiger partial charge is 0.370 e. The molecule has 148 valence electrons. The quantitative estimate of drug-likeness (QED) is 0.616. The average molecular weight is 384 g/mol. The van der Waals surface area contributed by atoms with Gasteiger partial charge < -0.3 is 11.1 Å². The standard InChI is InChI=1S/C20H24N4O4/c1-2-3-10-24-17(26)15-13(8-9-14(21)25)23-20(16(15)18(24)27)11-6-4-5-7-12(11)22-19(20)28/h4-7,13,15-16,23H,2-3,8-10H2,1H3,(H2,21,25)(H,22,28)/t13?,15-,16+,20?/m1/s1. The topological polar surface area (TPSA) is 122 Å². The summed E-state index contributed by atoms with van der Waals surface area (Å²) in [5.41, 5.74) is 5.33. The van der Waals surface area contributed by atoms with E-state index in [1.165, 1.54) is 4.90 Å². The number of anilines is 1. The van der Waals surface area contributed by atoms with Crippen molar-refractivity contribution in [2.75, 3.05) is 11.9 Å². The van der Waals surface area contributed by atoms with Crippen LogP contribution in [0.3, 0.4) is 0 Å². The van der Waals surface area contributed by atoms with Crippen molar-refractivity contribution in [2.24, 2.45) is 17.6 Å². The van der Waals surface area contributed by atoms with Gasteiger partial charge >= 0.3 is 0 Å². The molecular formula is C20H24N4O4. The summed E-state index contributed by atoms with van der Waals surface area (Å²) in [6.07, 6.45) is 1.95. The number of carbonyl (C=O) groups excluding carboxylic acids is 4. The Morgan fingerprint density at radius 1 is 1.21 bits per heavy atom. The van der Waals surface area contributed by atoms with Crippen molar-refractivity contribution in [3.63, 3.8) is 0 Å². The van der Waals surface area contributed by atoms with E-state index in [9.17, 15) is 19.2 Å². The highest BCUT2D eigenvalue weighted by atomic mass is 16.2. The predicted molar refractivity (Wildman–Crippen MR) is 101 cm³/mol. The summed E-state index contributed by atoms with van der Waals surface area (Å²) in [7, 11) is 0. The van der Waals surface area contributed by atoms with Crippen molar-refractivity contribution >= 4 is 29.3 Å². The Bertz CT molecular complexity index is 870. The molecule has 2 fully saturated rings. The number of fused-ring (bicyclic) bond motifs is 4. The summed E-state index contributed by atoms with van der Waals surface area (Å²) in [5, 5.41) is 6.13. The number of imide groups is 1. The Labute approximate surface area is 162 Å². The first kappa shape index (κ1) is 18.6.